The van der Waals surface area contributed by atoms with Gasteiger partial charge in [0.1, 0.15) is 11.5 Å². The van der Waals surface area contributed by atoms with Crippen molar-refractivity contribution < 1.29 is 0 Å². The van der Waals surface area contributed by atoms with Gasteiger partial charge in [0.05, 0.1) is 5.69 Å². The lowest BCUT2D eigenvalue weighted by atomic mass is 10.3. The van der Waals surface area contributed by atoms with Gasteiger partial charge in [0, 0.05) is 25.0 Å². The van der Waals surface area contributed by atoms with Crippen LogP contribution in [0.2, 0.25) is 0 Å². The van der Waals surface area contributed by atoms with Gasteiger partial charge in [0.25, 0.3) is 0 Å². The third-order valence-corrected chi connectivity index (χ3v) is 2.41. The van der Waals surface area contributed by atoms with Crippen LogP contribution in [0, 0.1) is 6.92 Å². The molecule has 0 saturated carbocycles. The van der Waals surface area contributed by atoms with Crippen LogP contribution in [-0.2, 0) is 6.54 Å². The Morgan fingerprint density at radius 1 is 1.11 bits per heavy atom. The molecule has 0 bridgehead atoms. The van der Waals surface area contributed by atoms with Gasteiger partial charge in [-0.15, -0.1) is 0 Å². The summed E-state index contributed by atoms with van der Waals surface area (Å²) in [6.45, 7) is 6.80. The minimum atomic E-state index is 0.435. The summed E-state index contributed by atoms with van der Waals surface area (Å²) in [5, 5.41) is 3.33. The Balaban J connectivity index is 2.21. The molecule has 0 aliphatic heterocycles. The van der Waals surface area contributed by atoms with Crippen LogP contribution in [0.5, 0.6) is 0 Å². The third-order valence-electron chi connectivity index (χ3n) is 2.41. The van der Waals surface area contributed by atoms with Gasteiger partial charge in [-0.05, 0) is 19.1 Å². The predicted octanol–water partition coefficient (Wildman–Crippen LogP) is 1.74. The van der Waals surface area contributed by atoms with E-state index in [1.165, 1.54) is 0 Å². The molecular weight excluding hydrogens is 226 g/mol. The molecule has 18 heavy (non-hydrogen) atoms. The fourth-order valence-electron chi connectivity index (χ4n) is 1.51. The molecule has 94 valence electrons. The standard InChI is InChI=1S/C13H17N5/c1-9(2)16-8-11-4-6-15-13(18-11)12-5-7-14-10(3)17-12/h4-7,9,16H,8H2,1-3H3. The molecule has 0 aliphatic rings. The number of aryl methyl sites for hydroxylation is 1. The smallest absolute Gasteiger partial charge is 0.178 e. The number of hydrogen-bond acceptors (Lipinski definition) is 5. The van der Waals surface area contributed by atoms with Gasteiger partial charge in [-0.25, -0.2) is 19.9 Å². The van der Waals surface area contributed by atoms with Crippen molar-refractivity contribution in [3.05, 3.63) is 36.0 Å². The van der Waals surface area contributed by atoms with E-state index in [-0.39, 0.29) is 0 Å². The zero-order valence-corrected chi connectivity index (χ0v) is 10.9. The highest BCUT2D eigenvalue weighted by atomic mass is 15.0. The molecule has 2 aromatic heterocycles. The average Bonchev–Trinajstić information content (AvgIpc) is 2.37. The van der Waals surface area contributed by atoms with Crippen LogP contribution in [0.3, 0.4) is 0 Å². The zero-order chi connectivity index (χ0) is 13.0. The van der Waals surface area contributed by atoms with E-state index in [0.29, 0.717) is 11.9 Å². The highest BCUT2D eigenvalue weighted by Gasteiger charge is 2.05. The lowest BCUT2D eigenvalue weighted by molar-refractivity contribution is 0.581. The SMILES string of the molecule is Cc1nccc(-c2nccc(CNC(C)C)n2)n1. The van der Waals surface area contributed by atoms with Crippen molar-refractivity contribution in [2.75, 3.05) is 0 Å². The Bertz CT molecular complexity index is 524. The lowest BCUT2D eigenvalue weighted by Gasteiger charge is -2.08. The molecule has 1 N–H and O–H groups in total. The Labute approximate surface area is 107 Å². The van der Waals surface area contributed by atoms with Crippen molar-refractivity contribution in [3.63, 3.8) is 0 Å². The van der Waals surface area contributed by atoms with E-state index >= 15 is 0 Å². The number of nitrogens with zero attached hydrogens (tertiary/aromatic N) is 4. The minimum absolute atomic E-state index is 0.435. The molecule has 0 aliphatic carbocycles. The molecule has 0 unspecified atom stereocenters. The van der Waals surface area contributed by atoms with E-state index in [9.17, 15) is 0 Å². The quantitative estimate of drug-likeness (QED) is 0.886. The van der Waals surface area contributed by atoms with E-state index < -0.39 is 0 Å². The summed E-state index contributed by atoms with van der Waals surface area (Å²) in [6.07, 6.45) is 3.48. The fourth-order valence-corrected chi connectivity index (χ4v) is 1.51. The Morgan fingerprint density at radius 3 is 2.61 bits per heavy atom. The second kappa shape index (κ2) is 5.64. The lowest BCUT2D eigenvalue weighted by Crippen LogP contribution is -2.22. The molecule has 2 heterocycles. The van der Waals surface area contributed by atoms with Crippen LogP contribution in [0.25, 0.3) is 11.5 Å². The second-order valence-electron chi connectivity index (χ2n) is 4.40. The van der Waals surface area contributed by atoms with Crippen molar-refractivity contribution in [1.82, 2.24) is 25.3 Å². The number of rotatable bonds is 4. The molecule has 0 aromatic carbocycles. The molecule has 5 heteroatoms. The predicted molar refractivity (Wildman–Crippen MR) is 69.8 cm³/mol. The van der Waals surface area contributed by atoms with Crippen LogP contribution in [-0.4, -0.2) is 26.0 Å². The van der Waals surface area contributed by atoms with Gasteiger partial charge in [-0.1, -0.05) is 13.8 Å². The van der Waals surface area contributed by atoms with Crippen LogP contribution in [0.1, 0.15) is 25.4 Å². The second-order valence-corrected chi connectivity index (χ2v) is 4.40. The Kier molecular flexibility index (Phi) is 3.94. The van der Waals surface area contributed by atoms with E-state index in [1.807, 2.05) is 19.1 Å². The van der Waals surface area contributed by atoms with Crippen molar-refractivity contribution in [2.24, 2.45) is 0 Å². The Morgan fingerprint density at radius 2 is 1.89 bits per heavy atom. The zero-order valence-electron chi connectivity index (χ0n) is 10.9. The van der Waals surface area contributed by atoms with Crippen molar-refractivity contribution in [2.45, 2.75) is 33.4 Å². The third kappa shape index (κ3) is 3.30. The van der Waals surface area contributed by atoms with E-state index in [2.05, 4.69) is 39.1 Å². The first-order valence-electron chi connectivity index (χ1n) is 6.00. The molecule has 5 nitrogen and oxygen atoms in total. The fraction of sp³-hybridized carbons (Fsp3) is 0.385. The van der Waals surface area contributed by atoms with Gasteiger partial charge in [0.15, 0.2) is 5.82 Å². The maximum Gasteiger partial charge on any atom is 0.178 e. The molecule has 0 saturated heterocycles. The first-order chi connectivity index (χ1) is 8.65. The molecule has 0 amide bonds. The van der Waals surface area contributed by atoms with Crippen molar-refractivity contribution >= 4 is 0 Å². The summed E-state index contributed by atoms with van der Waals surface area (Å²) in [7, 11) is 0. The summed E-state index contributed by atoms with van der Waals surface area (Å²) < 4.78 is 0. The van der Waals surface area contributed by atoms with Crippen LogP contribution in [0.15, 0.2) is 24.5 Å². The van der Waals surface area contributed by atoms with Gasteiger partial charge in [-0.2, -0.15) is 0 Å². The summed E-state index contributed by atoms with van der Waals surface area (Å²) in [5.74, 6) is 1.37. The van der Waals surface area contributed by atoms with Crippen LogP contribution in [0.4, 0.5) is 0 Å². The van der Waals surface area contributed by atoms with E-state index in [0.717, 1.165) is 23.8 Å². The van der Waals surface area contributed by atoms with Gasteiger partial charge in [-0.3, -0.25) is 0 Å². The highest BCUT2D eigenvalue weighted by molar-refractivity contribution is 5.47. The van der Waals surface area contributed by atoms with E-state index in [1.54, 1.807) is 12.4 Å². The van der Waals surface area contributed by atoms with Crippen LogP contribution >= 0.6 is 0 Å². The number of aromatic nitrogens is 4. The first kappa shape index (κ1) is 12.6. The molecule has 2 aromatic rings. The summed E-state index contributed by atoms with van der Waals surface area (Å²) in [5.41, 5.74) is 1.72. The van der Waals surface area contributed by atoms with E-state index in [4.69, 9.17) is 0 Å². The molecule has 2 rings (SSSR count). The van der Waals surface area contributed by atoms with Crippen molar-refractivity contribution in [1.29, 1.82) is 0 Å². The maximum absolute atomic E-state index is 4.49. The number of hydrogen-bond donors (Lipinski definition) is 1. The normalized spacial score (nSPS) is 10.9. The maximum atomic E-state index is 4.49. The highest BCUT2D eigenvalue weighted by Crippen LogP contribution is 2.10. The molecule has 0 atom stereocenters. The number of nitrogens with one attached hydrogen (secondary N) is 1. The van der Waals surface area contributed by atoms with Gasteiger partial charge >= 0.3 is 0 Å². The minimum Gasteiger partial charge on any atom is -0.309 e. The van der Waals surface area contributed by atoms with Gasteiger partial charge in [0.2, 0.25) is 0 Å². The van der Waals surface area contributed by atoms with Crippen LogP contribution < -0.4 is 5.32 Å². The molecular formula is C13H17N5. The van der Waals surface area contributed by atoms with Gasteiger partial charge < -0.3 is 5.32 Å². The first-order valence-corrected chi connectivity index (χ1v) is 6.00. The molecule has 0 spiro atoms. The molecule has 0 fully saturated rings. The average molecular weight is 243 g/mol. The Hall–Kier alpha value is -1.88. The largest absolute Gasteiger partial charge is 0.309 e. The summed E-state index contributed by atoms with van der Waals surface area (Å²) >= 11 is 0. The monoisotopic (exact) mass is 243 g/mol. The summed E-state index contributed by atoms with van der Waals surface area (Å²) in [6, 6.07) is 4.17. The summed E-state index contributed by atoms with van der Waals surface area (Å²) in [4.78, 5) is 17.1. The topological polar surface area (TPSA) is 63.6 Å². The molecule has 0 radical (unpaired) electrons. The van der Waals surface area contributed by atoms with Crippen molar-refractivity contribution in [3.8, 4) is 11.5 Å².